The summed E-state index contributed by atoms with van der Waals surface area (Å²) in [4.78, 5) is 13.4. The van der Waals surface area contributed by atoms with E-state index in [0.29, 0.717) is 0 Å². The summed E-state index contributed by atoms with van der Waals surface area (Å²) in [6, 6.07) is 26.8. The van der Waals surface area contributed by atoms with Crippen LogP contribution in [0.2, 0.25) is 0 Å². The van der Waals surface area contributed by atoms with Gasteiger partial charge in [-0.1, -0.05) is 60.7 Å². The van der Waals surface area contributed by atoms with Crippen LogP contribution in [0.4, 0.5) is 0 Å². The van der Waals surface area contributed by atoms with E-state index in [2.05, 4.69) is 36.4 Å². The van der Waals surface area contributed by atoms with E-state index in [1.807, 2.05) is 54.9 Å². The Labute approximate surface area is 154 Å². The first-order valence-corrected chi connectivity index (χ1v) is 9.00. The van der Waals surface area contributed by atoms with Gasteiger partial charge in [-0.3, -0.25) is 0 Å². The second kappa shape index (κ2) is 5.15. The number of hydrogen-bond donors (Lipinski definition) is 0. The summed E-state index contributed by atoms with van der Waals surface area (Å²) < 4.78 is 3.55. The number of rotatable bonds is 1. The molecule has 0 fully saturated rings. The number of aromatic nitrogens is 2. The van der Waals surface area contributed by atoms with Gasteiger partial charge in [-0.2, -0.15) is 13.8 Å². The molecule has 0 saturated heterocycles. The minimum atomic E-state index is -0.0507. The van der Waals surface area contributed by atoms with Crippen molar-refractivity contribution in [2.45, 2.75) is 0 Å². The van der Waals surface area contributed by atoms with Crippen molar-refractivity contribution in [1.82, 2.24) is 4.40 Å². The molecule has 0 aliphatic heterocycles. The van der Waals surface area contributed by atoms with Crippen LogP contribution in [0, 0.1) is 0 Å². The number of fused-ring (bicyclic) bond motifs is 2. The maximum absolute atomic E-state index is 13.4. The van der Waals surface area contributed by atoms with Gasteiger partial charge in [0.25, 0.3) is 0 Å². The van der Waals surface area contributed by atoms with Crippen LogP contribution in [0.3, 0.4) is 0 Å². The minimum absolute atomic E-state index is 0.0507. The molecule has 6 rings (SSSR count). The smallest absolute Gasteiger partial charge is 0.196 e. The lowest BCUT2D eigenvalue weighted by Gasteiger charge is -2.09. The normalized spacial score (nSPS) is 11.9. The molecule has 0 saturated carbocycles. The molecule has 2 aromatic heterocycles. The van der Waals surface area contributed by atoms with Crippen LogP contribution in [0.1, 0.15) is 0 Å². The molecule has 0 aliphatic carbocycles. The van der Waals surface area contributed by atoms with E-state index in [1.54, 1.807) is 8.97 Å². The van der Waals surface area contributed by atoms with Crippen molar-refractivity contribution in [2.75, 3.05) is 0 Å². The molecule has 3 heteroatoms. The first-order chi connectivity index (χ1) is 13.3. The third-order valence-electron chi connectivity index (χ3n) is 5.41. The lowest BCUT2D eigenvalue weighted by atomic mass is 10.0. The SMILES string of the molecule is O=c1n2ccc3cccc(c[n+]1-c1c4ccccc4cc4ccccc14)c32. The molecule has 0 unspecified atom stereocenters. The summed E-state index contributed by atoms with van der Waals surface area (Å²) in [7, 11) is 0. The van der Waals surface area contributed by atoms with E-state index in [1.165, 1.54) is 0 Å². The Morgan fingerprint density at radius 3 is 2.04 bits per heavy atom. The van der Waals surface area contributed by atoms with Crippen LogP contribution in [0.25, 0.3) is 43.5 Å². The molecule has 0 spiro atoms. The van der Waals surface area contributed by atoms with Crippen LogP contribution in [-0.4, -0.2) is 4.40 Å². The average molecular weight is 347 g/mol. The summed E-state index contributed by atoms with van der Waals surface area (Å²) in [5.41, 5.74) is 1.86. The molecular weight excluding hydrogens is 332 g/mol. The summed E-state index contributed by atoms with van der Waals surface area (Å²) in [5.74, 6) is 0. The van der Waals surface area contributed by atoms with Crippen molar-refractivity contribution >= 4 is 37.8 Å². The summed E-state index contributed by atoms with van der Waals surface area (Å²) in [6.07, 6.45) is 3.84. The monoisotopic (exact) mass is 347 g/mol. The van der Waals surface area contributed by atoms with Gasteiger partial charge in [-0.05, 0) is 29.0 Å². The first kappa shape index (κ1) is 14.4. The van der Waals surface area contributed by atoms with Gasteiger partial charge in [-0.25, -0.2) is 0 Å². The Morgan fingerprint density at radius 2 is 1.30 bits per heavy atom. The highest BCUT2D eigenvalue weighted by Crippen LogP contribution is 2.28. The van der Waals surface area contributed by atoms with Crippen molar-refractivity contribution in [3.63, 3.8) is 0 Å². The van der Waals surface area contributed by atoms with E-state index in [9.17, 15) is 4.79 Å². The quantitative estimate of drug-likeness (QED) is 0.318. The van der Waals surface area contributed by atoms with Crippen LogP contribution < -0.4 is 10.3 Å². The van der Waals surface area contributed by atoms with Crippen LogP contribution in [-0.2, 0) is 0 Å². The van der Waals surface area contributed by atoms with Crippen molar-refractivity contribution in [2.24, 2.45) is 0 Å². The minimum Gasteiger partial charge on any atom is -0.196 e. The van der Waals surface area contributed by atoms with E-state index < -0.39 is 0 Å². The fourth-order valence-corrected chi connectivity index (χ4v) is 4.21. The highest BCUT2D eigenvalue weighted by molar-refractivity contribution is 6.05. The van der Waals surface area contributed by atoms with Gasteiger partial charge in [0.15, 0.2) is 11.2 Å². The third-order valence-corrected chi connectivity index (χ3v) is 5.41. The van der Waals surface area contributed by atoms with E-state index in [-0.39, 0.29) is 5.69 Å². The lowest BCUT2D eigenvalue weighted by molar-refractivity contribution is -0.611. The summed E-state index contributed by atoms with van der Waals surface area (Å²) >= 11 is 0. The molecule has 0 bridgehead atoms. The number of para-hydroxylation sites is 1. The van der Waals surface area contributed by atoms with Crippen molar-refractivity contribution in [3.8, 4) is 5.69 Å². The van der Waals surface area contributed by atoms with Gasteiger partial charge in [-0.15, -0.1) is 0 Å². The first-order valence-electron chi connectivity index (χ1n) is 9.00. The largest absolute Gasteiger partial charge is 0.508 e. The zero-order valence-electron chi connectivity index (χ0n) is 14.5. The zero-order valence-corrected chi connectivity index (χ0v) is 14.5. The molecule has 27 heavy (non-hydrogen) atoms. The molecule has 2 heterocycles. The second-order valence-electron chi connectivity index (χ2n) is 6.92. The topological polar surface area (TPSA) is 25.4 Å². The van der Waals surface area contributed by atoms with Gasteiger partial charge in [0, 0.05) is 16.2 Å². The molecule has 126 valence electrons. The molecule has 3 nitrogen and oxygen atoms in total. The standard InChI is InChI=1S/C24H15N2O/c27-24-25-13-12-16-8-5-9-19(22(16)25)15-26(24)23-20-10-3-1-6-17(20)14-18-7-2-4-11-21(18)23/h1-15H/q+1. The van der Waals surface area contributed by atoms with Crippen LogP contribution >= 0.6 is 0 Å². The molecule has 0 aliphatic rings. The number of hydrogen-bond acceptors (Lipinski definition) is 1. The van der Waals surface area contributed by atoms with Gasteiger partial charge in [0.2, 0.25) is 0 Å². The van der Waals surface area contributed by atoms with Crippen molar-refractivity contribution in [3.05, 3.63) is 102 Å². The maximum atomic E-state index is 13.4. The predicted molar refractivity (Wildman–Crippen MR) is 109 cm³/mol. The number of benzene rings is 4. The maximum Gasteiger partial charge on any atom is 0.508 e. The van der Waals surface area contributed by atoms with Crippen molar-refractivity contribution < 1.29 is 4.57 Å². The van der Waals surface area contributed by atoms with Gasteiger partial charge in [0.1, 0.15) is 12.4 Å². The molecule has 4 aromatic carbocycles. The Balaban J connectivity index is 1.88. The second-order valence-corrected chi connectivity index (χ2v) is 6.92. The number of nitrogens with zero attached hydrogens (tertiary/aromatic N) is 2. The fourth-order valence-electron chi connectivity index (χ4n) is 4.21. The molecule has 0 radical (unpaired) electrons. The highest BCUT2D eigenvalue weighted by Gasteiger charge is 2.21. The van der Waals surface area contributed by atoms with Gasteiger partial charge >= 0.3 is 5.69 Å². The van der Waals surface area contributed by atoms with Crippen molar-refractivity contribution in [1.29, 1.82) is 0 Å². The fraction of sp³-hybridized carbons (Fsp3) is 0. The Morgan fingerprint density at radius 1 is 0.667 bits per heavy atom. The Hall–Kier alpha value is -3.72. The molecule has 0 N–H and O–H groups in total. The Bertz CT molecular complexity index is 1490. The van der Waals surface area contributed by atoms with Gasteiger partial charge in [0.05, 0.1) is 5.39 Å². The zero-order chi connectivity index (χ0) is 18.0. The Kier molecular flexibility index (Phi) is 2.75. The van der Waals surface area contributed by atoms with E-state index in [4.69, 9.17) is 0 Å². The summed E-state index contributed by atoms with van der Waals surface area (Å²) in [5, 5.41) is 6.54. The average Bonchev–Trinajstić information content (AvgIpc) is 3.15. The molecule has 0 amide bonds. The highest BCUT2D eigenvalue weighted by atomic mass is 16.1. The predicted octanol–water partition coefficient (Wildman–Crippen LogP) is 4.47. The van der Waals surface area contributed by atoms with E-state index in [0.717, 1.165) is 43.5 Å². The molecule has 0 atom stereocenters. The van der Waals surface area contributed by atoms with E-state index >= 15 is 0 Å². The van der Waals surface area contributed by atoms with Crippen LogP contribution in [0.15, 0.2) is 96.1 Å². The third kappa shape index (κ3) is 1.91. The van der Waals surface area contributed by atoms with Gasteiger partial charge < -0.3 is 0 Å². The van der Waals surface area contributed by atoms with Crippen LogP contribution in [0.5, 0.6) is 0 Å². The molecular formula is C24H15N2O+. The summed E-state index contributed by atoms with van der Waals surface area (Å²) in [6.45, 7) is 0. The lowest BCUT2D eigenvalue weighted by Crippen LogP contribution is -2.50. The molecule has 6 aromatic rings.